The summed E-state index contributed by atoms with van der Waals surface area (Å²) in [5.41, 5.74) is 8.71. The number of fused-ring (bicyclic) bond motifs is 4. The van der Waals surface area contributed by atoms with Gasteiger partial charge in [0, 0.05) is 49.6 Å². The summed E-state index contributed by atoms with van der Waals surface area (Å²) in [5, 5.41) is 14.6. The Morgan fingerprint density at radius 2 is 1.44 bits per heavy atom. The first-order valence-corrected chi connectivity index (χ1v) is 18.3. The van der Waals surface area contributed by atoms with Crippen LogP contribution < -0.4 is 0 Å². The van der Waals surface area contributed by atoms with Crippen LogP contribution in [0.1, 0.15) is 131 Å². The van der Waals surface area contributed by atoms with Gasteiger partial charge in [-0.05, 0) is 75.1 Å². The predicted octanol–water partition coefficient (Wildman–Crippen LogP) is 12.7. The summed E-state index contributed by atoms with van der Waals surface area (Å²) in [6.07, 6.45) is 6.92. The standard InChI is InChI=1S/C32H32NO.C13H24O2.Ir/c1-30(2,3)22-14-13-20-24-25-21(15-16-23(31(4,5)6)29(25)34-28(22)24)32(7,8)26-19-12-10-9-11-18(19)17-33-27(20)26;1-5-10(6-2)12(14)9-13(15)11(7-3)8-4;/h9-12,14-17H,1-8H3;9-11,14H,5-8H2,1-4H3;/q-1;;/b;12-9-;. The van der Waals surface area contributed by atoms with Crippen LogP contribution in [0.2, 0.25) is 0 Å². The van der Waals surface area contributed by atoms with Gasteiger partial charge in [-0.3, -0.25) is 4.79 Å². The number of carbonyl (C=O) groups is 1. The maximum atomic E-state index is 11.7. The van der Waals surface area contributed by atoms with Crippen molar-refractivity contribution >= 4 is 38.5 Å². The SMILES string of the molecule is CC(C)(C)c1c[c-]c2c3c1oc1c(C(C)(C)C)ccc(c13)C(C)(C)c1c-2ncc2ccccc12.CCC(CC)C(=O)/C=C(\O)C(CC)CC.[Ir]. The fourth-order valence-corrected chi connectivity index (χ4v) is 7.67. The molecular formula is C45H56IrNO3-. The number of benzene rings is 3. The van der Waals surface area contributed by atoms with Gasteiger partial charge in [-0.2, -0.15) is 0 Å². The minimum absolute atomic E-state index is 0. The van der Waals surface area contributed by atoms with Crippen molar-refractivity contribution in [3.05, 3.63) is 88.8 Å². The van der Waals surface area contributed by atoms with Crippen LogP contribution in [0.5, 0.6) is 0 Å². The molecule has 1 N–H and O–H groups in total. The zero-order valence-electron chi connectivity index (χ0n) is 32.2. The fraction of sp³-hybridized carbons (Fsp3) is 0.467. The second-order valence-electron chi connectivity index (χ2n) is 16.4. The van der Waals surface area contributed by atoms with Crippen molar-refractivity contribution in [3.8, 4) is 11.3 Å². The molecule has 0 saturated carbocycles. The van der Waals surface area contributed by atoms with Crippen LogP contribution in [0.25, 0.3) is 44.0 Å². The van der Waals surface area contributed by atoms with Gasteiger partial charge in [-0.25, -0.2) is 0 Å². The van der Waals surface area contributed by atoms with Gasteiger partial charge in [-0.1, -0.05) is 130 Å². The van der Waals surface area contributed by atoms with Gasteiger partial charge < -0.3 is 14.5 Å². The molecular weight excluding hydrogens is 795 g/mol. The van der Waals surface area contributed by atoms with Crippen molar-refractivity contribution in [3.63, 3.8) is 0 Å². The van der Waals surface area contributed by atoms with Crippen molar-refractivity contribution in [1.29, 1.82) is 0 Å². The third-order valence-electron chi connectivity index (χ3n) is 10.7. The van der Waals surface area contributed by atoms with E-state index in [1.165, 1.54) is 44.5 Å². The van der Waals surface area contributed by atoms with Crippen LogP contribution in [-0.2, 0) is 41.1 Å². The first-order valence-electron chi connectivity index (χ1n) is 18.3. The van der Waals surface area contributed by atoms with Crippen LogP contribution in [-0.4, -0.2) is 15.9 Å². The van der Waals surface area contributed by atoms with Gasteiger partial charge in [0.15, 0.2) is 5.78 Å². The number of aliphatic hydroxyl groups excluding tert-OH is 1. The van der Waals surface area contributed by atoms with Gasteiger partial charge in [0.25, 0.3) is 0 Å². The number of hydrogen-bond donors (Lipinski definition) is 1. The molecule has 5 heteroatoms. The molecule has 0 spiro atoms. The Labute approximate surface area is 313 Å². The number of carbonyl (C=O) groups excluding carboxylic acids is 1. The number of aliphatic hydroxyl groups is 1. The van der Waals surface area contributed by atoms with E-state index in [1.54, 1.807) is 0 Å². The molecule has 0 fully saturated rings. The van der Waals surface area contributed by atoms with E-state index < -0.39 is 0 Å². The smallest absolute Gasteiger partial charge is 0.162 e. The number of hydrogen-bond acceptors (Lipinski definition) is 4. The molecule has 0 amide bonds. The molecule has 50 heavy (non-hydrogen) atoms. The van der Waals surface area contributed by atoms with Crippen LogP contribution in [0.4, 0.5) is 0 Å². The van der Waals surface area contributed by atoms with Crippen molar-refractivity contribution in [2.45, 2.75) is 125 Å². The third kappa shape index (κ3) is 6.98. The van der Waals surface area contributed by atoms with E-state index in [-0.39, 0.29) is 59.7 Å². The van der Waals surface area contributed by atoms with Gasteiger partial charge in [-0.15, -0.1) is 17.7 Å². The van der Waals surface area contributed by atoms with Crippen LogP contribution in [0.3, 0.4) is 0 Å². The van der Waals surface area contributed by atoms with Gasteiger partial charge in [0.1, 0.15) is 5.58 Å². The molecule has 6 rings (SSSR count). The summed E-state index contributed by atoms with van der Waals surface area (Å²) in [6, 6.07) is 19.1. The monoisotopic (exact) mass is 851 g/mol. The zero-order chi connectivity index (χ0) is 36.1. The maximum Gasteiger partial charge on any atom is 0.162 e. The van der Waals surface area contributed by atoms with Crippen LogP contribution in [0.15, 0.2) is 64.9 Å². The van der Waals surface area contributed by atoms with Gasteiger partial charge in [0.2, 0.25) is 0 Å². The van der Waals surface area contributed by atoms with Crippen molar-refractivity contribution in [1.82, 2.24) is 4.98 Å². The average Bonchev–Trinajstić information content (AvgIpc) is 3.40. The molecule has 3 aromatic carbocycles. The number of furan rings is 1. The largest absolute Gasteiger partial charge is 0.512 e. The normalized spacial score (nSPS) is 14.2. The summed E-state index contributed by atoms with van der Waals surface area (Å²) in [5.74, 6) is 0.547. The van der Waals surface area contributed by atoms with E-state index >= 15 is 0 Å². The number of pyridine rings is 1. The zero-order valence-corrected chi connectivity index (χ0v) is 34.6. The Morgan fingerprint density at radius 3 is 2.02 bits per heavy atom. The Morgan fingerprint density at radius 1 is 0.860 bits per heavy atom. The number of aromatic nitrogens is 1. The van der Waals surface area contributed by atoms with E-state index in [4.69, 9.17) is 9.40 Å². The molecule has 5 aromatic rings. The molecule has 1 radical (unpaired) electrons. The Bertz CT molecular complexity index is 2040. The van der Waals surface area contributed by atoms with Crippen molar-refractivity contribution < 1.29 is 34.4 Å². The second kappa shape index (κ2) is 14.8. The van der Waals surface area contributed by atoms with E-state index in [2.05, 4.69) is 104 Å². The molecule has 2 aromatic heterocycles. The first-order chi connectivity index (χ1) is 23.0. The molecule has 0 aliphatic heterocycles. The Kier molecular flexibility index (Phi) is 11.7. The molecule has 0 saturated heterocycles. The van der Waals surface area contributed by atoms with E-state index in [1.807, 2.05) is 33.9 Å². The van der Waals surface area contributed by atoms with E-state index in [0.29, 0.717) is 0 Å². The predicted molar refractivity (Wildman–Crippen MR) is 207 cm³/mol. The minimum atomic E-state index is -0.260. The molecule has 1 aliphatic rings. The van der Waals surface area contributed by atoms with E-state index in [9.17, 15) is 9.90 Å². The second-order valence-corrected chi connectivity index (χ2v) is 16.4. The minimum Gasteiger partial charge on any atom is -0.512 e. The molecule has 4 nitrogen and oxygen atoms in total. The number of ketones is 1. The van der Waals surface area contributed by atoms with Gasteiger partial charge in [0.05, 0.1) is 11.3 Å². The summed E-state index contributed by atoms with van der Waals surface area (Å²) in [7, 11) is 0. The summed E-state index contributed by atoms with van der Waals surface area (Å²) in [6.45, 7) is 26.3. The van der Waals surface area contributed by atoms with Crippen molar-refractivity contribution in [2.24, 2.45) is 11.8 Å². The quantitative estimate of drug-likeness (QED) is 0.101. The first kappa shape index (κ1) is 39.5. The van der Waals surface area contributed by atoms with Gasteiger partial charge >= 0.3 is 0 Å². The average molecular weight is 851 g/mol. The Hall–Kier alpha value is -3.27. The Balaban J connectivity index is 0.000000301. The maximum absolute atomic E-state index is 11.7. The molecule has 269 valence electrons. The molecule has 0 bridgehead atoms. The summed E-state index contributed by atoms with van der Waals surface area (Å²) >= 11 is 0. The third-order valence-corrected chi connectivity index (χ3v) is 10.7. The topological polar surface area (TPSA) is 63.3 Å². The summed E-state index contributed by atoms with van der Waals surface area (Å²) in [4.78, 5) is 16.8. The van der Waals surface area contributed by atoms with E-state index in [0.717, 1.165) is 53.5 Å². The summed E-state index contributed by atoms with van der Waals surface area (Å²) < 4.78 is 6.87. The molecule has 1 aliphatic carbocycles. The fourth-order valence-electron chi connectivity index (χ4n) is 7.67. The number of rotatable bonds is 7. The number of nitrogens with zero attached hydrogens (tertiary/aromatic N) is 1. The number of allylic oxidation sites excluding steroid dienone is 2. The van der Waals surface area contributed by atoms with Crippen LogP contribution in [0, 0.1) is 17.9 Å². The van der Waals surface area contributed by atoms with Crippen molar-refractivity contribution in [2.75, 3.05) is 0 Å². The molecule has 0 atom stereocenters. The van der Waals surface area contributed by atoms with Crippen LogP contribution >= 0.6 is 0 Å². The molecule has 0 unspecified atom stereocenters. The molecule has 2 heterocycles.